The molecule has 3 N–H and O–H groups in total. The summed E-state index contributed by atoms with van der Waals surface area (Å²) < 4.78 is 21.9. The predicted octanol–water partition coefficient (Wildman–Crippen LogP) is 6.50. The Morgan fingerprint density at radius 1 is 0.965 bits per heavy atom. The Morgan fingerprint density at radius 3 is 2.51 bits per heavy atom. The van der Waals surface area contributed by atoms with E-state index in [-0.39, 0.29) is 72.4 Å². The van der Waals surface area contributed by atoms with Gasteiger partial charge in [-0.25, -0.2) is 9.40 Å². The SMILES string of the molecule is O=C(NCCOCCC(=O)N1CCC(C(=O)N2N=CCC2c2ccccc2)CC1)[C@@H]1NC2(CCCCC2)[C@@]2(C(=O)Nc3cc(Cl)ccc32)[C@H]1c1cccc(Cl)c1F. The lowest BCUT2D eigenvalue weighted by atomic mass is 9.55. The molecule has 14 heteroatoms. The zero-order valence-corrected chi connectivity index (χ0v) is 33.2. The van der Waals surface area contributed by atoms with Crippen molar-refractivity contribution in [3.63, 3.8) is 0 Å². The summed E-state index contributed by atoms with van der Waals surface area (Å²) in [5.41, 5.74) is 0.349. The molecule has 11 nitrogen and oxygen atoms in total. The van der Waals surface area contributed by atoms with Crippen LogP contribution in [0.2, 0.25) is 10.0 Å². The molecule has 4 atom stereocenters. The Kier molecular flexibility index (Phi) is 11.4. The van der Waals surface area contributed by atoms with Gasteiger partial charge in [-0.05, 0) is 60.6 Å². The van der Waals surface area contributed by atoms with Crippen LogP contribution >= 0.6 is 23.2 Å². The first-order valence-electron chi connectivity index (χ1n) is 20.0. The molecule has 1 saturated carbocycles. The van der Waals surface area contributed by atoms with E-state index in [4.69, 9.17) is 27.9 Å². The van der Waals surface area contributed by atoms with Crippen LogP contribution in [0.25, 0.3) is 0 Å². The van der Waals surface area contributed by atoms with Crippen LogP contribution in [0.1, 0.15) is 86.4 Å². The maximum absolute atomic E-state index is 16.1. The molecule has 0 bridgehead atoms. The number of rotatable bonds is 10. The van der Waals surface area contributed by atoms with Crippen molar-refractivity contribution in [1.29, 1.82) is 0 Å². The molecule has 1 aliphatic carbocycles. The number of hydrazone groups is 1. The lowest BCUT2D eigenvalue weighted by molar-refractivity contribution is -0.142. The number of amides is 4. The van der Waals surface area contributed by atoms with Crippen LogP contribution in [0, 0.1) is 11.7 Å². The number of fused-ring (bicyclic) bond motifs is 3. The van der Waals surface area contributed by atoms with Crippen LogP contribution in [0.15, 0.2) is 71.8 Å². The molecular weight excluding hydrogens is 770 g/mol. The number of nitrogens with one attached hydrogen (secondary N) is 3. The van der Waals surface area contributed by atoms with Crippen molar-refractivity contribution in [2.24, 2.45) is 11.0 Å². The number of anilines is 1. The van der Waals surface area contributed by atoms with Gasteiger partial charge in [0.2, 0.25) is 23.6 Å². The molecule has 57 heavy (non-hydrogen) atoms. The normalized spacial score (nSPS) is 25.2. The lowest BCUT2D eigenvalue weighted by Crippen LogP contribution is -2.60. The average molecular weight is 818 g/mol. The quantitative estimate of drug-likeness (QED) is 0.200. The highest BCUT2D eigenvalue weighted by molar-refractivity contribution is 6.31. The van der Waals surface area contributed by atoms with Gasteiger partial charge in [-0.3, -0.25) is 24.5 Å². The summed E-state index contributed by atoms with van der Waals surface area (Å²) in [4.78, 5) is 57.0. The Labute approximate surface area is 341 Å². The highest BCUT2D eigenvalue weighted by Crippen LogP contribution is 2.62. The number of piperidine rings is 1. The van der Waals surface area contributed by atoms with Gasteiger partial charge in [0.25, 0.3) is 0 Å². The number of hydrogen-bond acceptors (Lipinski definition) is 7. The third-order valence-corrected chi connectivity index (χ3v) is 13.3. The van der Waals surface area contributed by atoms with E-state index >= 15 is 4.39 Å². The molecule has 3 fully saturated rings. The van der Waals surface area contributed by atoms with Crippen molar-refractivity contribution in [3.8, 4) is 0 Å². The van der Waals surface area contributed by atoms with Gasteiger partial charge in [0.1, 0.15) is 11.2 Å². The molecule has 0 aromatic heterocycles. The molecular formula is C43H47Cl2FN6O5. The summed E-state index contributed by atoms with van der Waals surface area (Å²) in [6.07, 6.45) is 7.71. The highest BCUT2D eigenvalue weighted by Gasteiger charge is 2.72. The summed E-state index contributed by atoms with van der Waals surface area (Å²) in [7, 11) is 0. The smallest absolute Gasteiger partial charge is 0.246 e. The second-order valence-electron chi connectivity index (χ2n) is 15.8. The third kappa shape index (κ3) is 7.12. The Balaban J connectivity index is 0.876. The first-order chi connectivity index (χ1) is 27.6. The number of benzene rings is 3. The first kappa shape index (κ1) is 39.5. The van der Waals surface area contributed by atoms with Crippen LogP contribution in [0.3, 0.4) is 0 Å². The molecule has 2 saturated heterocycles. The maximum Gasteiger partial charge on any atom is 0.246 e. The van der Waals surface area contributed by atoms with Gasteiger partial charge in [0.15, 0.2) is 0 Å². The van der Waals surface area contributed by atoms with Crippen molar-refractivity contribution in [2.45, 2.75) is 86.7 Å². The first-order valence-corrected chi connectivity index (χ1v) is 20.8. The van der Waals surface area contributed by atoms with E-state index in [9.17, 15) is 19.2 Å². The zero-order valence-electron chi connectivity index (χ0n) is 31.7. The van der Waals surface area contributed by atoms with Crippen LogP contribution in [0.4, 0.5) is 10.1 Å². The van der Waals surface area contributed by atoms with Crippen molar-refractivity contribution >= 4 is 58.7 Å². The topological polar surface area (TPSA) is 132 Å². The standard InChI is InChI=1S/C43H47Cl2FN6O5/c44-29-12-13-31-33(26-29)49-41(56)43(31)36(30-10-7-11-32(45)37(30)46)38(50-42(43)18-5-2-6-19-42)39(54)47-21-25-57-24-17-35(53)51-22-15-28(16-23-51)40(55)52-34(14-20-48-52)27-8-3-1-4-9-27/h1,3-4,7-13,20,26,28,34,36,38,50H,2,5-6,14-19,21-25H2,(H,47,54)(H,49,56)/t34?,36-,38+,43+/m0/s1. The van der Waals surface area contributed by atoms with Gasteiger partial charge in [0.05, 0.1) is 36.7 Å². The number of carbonyl (C=O) groups excluding carboxylic acids is 4. The van der Waals surface area contributed by atoms with E-state index in [2.05, 4.69) is 21.1 Å². The molecule has 5 aliphatic rings. The number of ether oxygens (including phenoxy) is 1. The van der Waals surface area contributed by atoms with E-state index in [1.54, 1.807) is 40.4 Å². The lowest BCUT2D eigenvalue weighted by Gasteiger charge is -2.47. The summed E-state index contributed by atoms with van der Waals surface area (Å²) in [5.74, 6) is -2.52. The highest BCUT2D eigenvalue weighted by atomic mass is 35.5. The number of likely N-dealkylation sites (tertiary alicyclic amines) is 1. The van der Waals surface area contributed by atoms with Crippen molar-refractivity contribution in [2.75, 3.05) is 38.2 Å². The van der Waals surface area contributed by atoms with Crippen LogP contribution in [0.5, 0.6) is 0 Å². The fourth-order valence-electron chi connectivity index (χ4n) is 10.1. The molecule has 0 radical (unpaired) electrons. The molecule has 300 valence electrons. The van der Waals surface area contributed by atoms with E-state index < -0.39 is 28.7 Å². The van der Waals surface area contributed by atoms with E-state index in [1.165, 1.54) is 6.07 Å². The molecule has 3 aromatic carbocycles. The molecule has 1 unspecified atom stereocenters. The van der Waals surface area contributed by atoms with Gasteiger partial charge in [-0.15, -0.1) is 0 Å². The van der Waals surface area contributed by atoms with Crippen molar-refractivity contribution in [1.82, 2.24) is 20.5 Å². The van der Waals surface area contributed by atoms with Gasteiger partial charge in [-0.2, -0.15) is 5.10 Å². The zero-order chi connectivity index (χ0) is 39.7. The fourth-order valence-corrected chi connectivity index (χ4v) is 10.5. The molecule has 8 rings (SSSR count). The average Bonchev–Trinajstić information content (AvgIpc) is 3.91. The largest absolute Gasteiger partial charge is 0.379 e. The Morgan fingerprint density at radius 2 is 1.74 bits per heavy atom. The van der Waals surface area contributed by atoms with Gasteiger partial charge in [-0.1, -0.05) is 91.0 Å². The van der Waals surface area contributed by atoms with Crippen LogP contribution in [-0.2, 0) is 29.3 Å². The van der Waals surface area contributed by atoms with Crippen LogP contribution in [-0.4, -0.2) is 84.2 Å². The van der Waals surface area contributed by atoms with Gasteiger partial charge < -0.3 is 20.3 Å². The van der Waals surface area contributed by atoms with Crippen molar-refractivity contribution < 1.29 is 28.3 Å². The molecule has 4 aliphatic heterocycles. The number of halogens is 3. The van der Waals surface area contributed by atoms with Gasteiger partial charge >= 0.3 is 0 Å². The third-order valence-electron chi connectivity index (χ3n) is 12.7. The maximum atomic E-state index is 16.1. The monoisotopic (exact) mass is 816 g/mol. The number of carbonyl (C=O) groups is 4. The summed E-state index contributed by atoms with van der Waals surface area (Å²) in [6, 6.07) is 18.8. The Bertz CT molecular complexity index is 2060. The second-order valence-corrected chi connectivity index (χ2v) is 16.6. The molecule has 4 amide bonds. The minimum atomic E-state index is -1.31. The van der Waals surface area contributed by atoms with Crippen LogP contribution < -0.4 is 16.0 Å². The van der Waals surface area contributed by atoms with Gasteiger partial charge in [0, 0.05) is 60.4 Å². The second kappa shape index (κ2) is 16.5. The molecule has 4 heterocycles. The predicted molar refractivity (Wildman–Crippen MR) is 216 cm³/mol. The minimum absolute atomic E-state index is 0.00257. The number of hydrogen-bond donors (Lipinski definition) is 3. The fraction of sp³-hybridized carbons (Fsp3) is 0.465. The van der Waals surface area contributed by atoms with Crippen molar-refractivity contribution in [3.05, 3.63) is 99.3 Å². The van der Waals surface area contributed by atoms with E-state index in [0.29, 0.717) is 61.5 Å². The summed E-state index contributed by atoms with van der Waals surface area (Å²) >= 11 is 12.7. The summed E-state index contributed by atoms with van der Waals surface area (Å²) in [6.45, 7) is 1.43. The Hall–Kier alpha value is -4.36. The molecule has 2 spiro atoms. The van der Waals surface area contributed by atoms with E-state index in [1.807, 2.05) is 36.4 Å². The van der Waals surface area contributed by atoms with E-state index in [0.717, 1.165) is 24.8 Å². The summed E-state index contributed by atoms with van der Waals surface area (Å²) in [5, 5.41) is 16.0. The molecule has 3 aromatic rings. The minimum Gasteiger partial charge on any atom is -0.379 e. The number of nitrogens with zero attached hydrogens (tertiary/aromatic N) is 3.